The number of nitrogens with two attached hydrogens (primary N) is 1. The van der Waals surface area contributed by atoms with Crippen LogP contribution in [0.25, 0.3) is 0 Å². The van der Waals surface area contributed by atoms with E-state index in [0.717, 1.165) is 0 Å². The molecular formula is C8H12N2O3. The molecule has 0 aliphatic rings. The average Bonchev–Trinajstić information content (AvgIpc) is 2.03. The highest BCUT2D eigenvalue weighted by Crippen LogP contribution is 2.17. The fraction of sp³-hybridized carbons (Fsp3) is 0.625. The van der Waals surface area contributed by atoms with E-state index in [2.05, 4.69) is 4.74 Å². The largest absolute Gasteiger partial charge is 0.435 e. The van der Waals surface area contributed by atoms with Crippen LogP contribution in [0.2, 0.25) is 0 Å². The van der Waals surface area contributed by atoms with Crippen LogP contribution in [0.4, 0.5) is 4.79 Å². The van der Waals surface area contributed by atoms with E-state index in [0.29, 0.717) is 6.42 Å². The zero-order valence-corrected chi connectivity index (χ0v) is 7.66. The SMILES string of the molecule is CCC(C)(OC(N)=O)C(=O)CC#N. The maximum absolute atomic E-state index is 11.3. The predicted octanol–water partition coefficient (Wildman–Crippen LogP) is 0.733. The summed E-state index contributed by atoms with van der Waals surface area (Å²) in [6.07, 6.45) is -0.982. The summed E-state index contributed by atoms with van der Waals surface area (Å²) in [4.78, 5) is 21.7. The van der Waals surface area contributed by atoms with Crippen LogP contribution < -0.4 is 5.73 Å². The molecule has 0 fully saturated rings. The molecule has 5 heteroatoms. The normalized spacial score (nSPS) is 13.9. The lowest BCUT2D eigenvalue weighted by molar-refractivity contribution is -0.135. The molecule has 0 saturated heterocycles. The molecule has 5 nitrogen and oxygen atoms in total. The molecule has 72 valence electrons. The Hall–Kier alpha value is -1.57. The number of carbonyl (C=O) groups is 2. The maximum atomic E-state index is 11.3. The monoisotopic (exact) mass is 184 g/mol. The fourth-order valence-corrected chi connectivity index (χ4v) is 0.807. The third-order valence-corrected chi connectivity index (χ3v) is 1.83. The van der Waals surface area contributed by atoms with Crippen molar-refractivity contribution in [1.29, 1.82) is 5.26 Å². The van der Waals surface area contributed by atoms with Crippen LogP contribution in [0.15, 0.2) is 0 Å². The van der Waals surface area contributed by atoms with Crippen LogP contribution in [0, 0.1) is 11.3 Å². The highest BCUT2D eigenvalue weighted by molar-refractivity contribution is 5.90. The number of hydrogen-bond acceptors (Lipinski definition) is 4. The first kappa shape index (κ1) is 11.4. The molecule has 0 aromatic carbocycles. The smallest absolute Gasteiger partial charge is 0.405 e. The summed E-state index contributed by atoms with van der Waals surface area (Å²) in [6.45, 7) is 3.12. The van der Waals surface area contributed by atoms with E-state index < -0.39 is 17.5 Å². The van der Waals surface area contributed by atoms with Gasteiger partial charge in [-0.2, -0.15) is 5.26 Å². The van der Waals surface area contributed by atoms with Gasteiger partial charge in [0.15, 0.2) is 11.4 Å². The molecule has 0 saturated carbocycles. The second-order valence-electron chi connectivity index (χ2n) is 2.76. The molecule has 1 unspecified atom stereocenters. The van der Waals surface area contributed by atoms with Crippen LogP contribution in [-0.2, 0) is 9.53 Å². The van der Waals surface area contributed by atoms with Crippen molar-refractivity contribution < 1.29 is 14.3 Å². The molecule has 0 aromatic heterocycles. The Balaban J connectivity index is 4.53. The molecule has 0 rings (SSSR count). The van der Waals surface area contributed by atoms with Crippen molar-refractivity contribution in [1.82, 2.24) is 0 Å². The highest BCUT2D eigenvalue weighted by Gasteiger charge is 2.34. The van der Waals surface area contributed by atoms with Crippen LogP contribution in [0.1, 0.15) is 26.7 Å². The van der Waals surface area contributed by atoms with Crippen LogP contribution >= 0.6 is 0 Å². The van der Waals surface area contributed by atoms with E-state index in [-0.39, 0.29) is 6.42 Å². The van der Waals surface area contributed by atoms with Gasteiger partial charge in [0.2, 0.25) is 0 Å². The Kier molecular flexibility index (Phi) is 3.92. The molecule has 0 aromatic rings. The van der Waals surface area contributed by atoms with Crippen molar-refractivity contribution in [2.24, 2.45) is 5.73 Å². The van der Waals surface area contributed by atoms with E-state index >= 15 is 0 Å². The molecule has 2 N–H and O–H groups in total. The molecule has 1 atom stereocenters. The van der Waals surface area contributed by atoms with Gasteiger partial charge in [-0.25, -0.2) is 4.79 Å². The van der Waals surface area contributed by atoms with E-state index in [1.54, 1.807) is 13.0 Å². The second kappa shape index (κ2) is 4.45. The summed E-state index contributed by atoms with van der Waals surface area (Å²) >= 11 is 0. The molecule has 0 aliphatic carbocycles. The molecule has 0 radical (unpaired) electrons. The standard InChI is InChI=1S/C8H12N2O3/c1-3-8(2,13-7(10)12)6(11)4-5-9/h3-4H2,1-2H3,(H2,10,12). The van der Waals surface area contributed by atoms with Crippen molar-refractivity contribution in [3.63, 3.8) is 0 Å². The van der Waals surface area contributed by atoms with Gasteiger partial charge >= 0.3 is 6.09 Å². The minimum Gasteiger partial charge on any atom is -0.435 e. The van der Waals surface area contributed by atoms with Crippen LogP contribution in [0.5, 0.6) is 0 Å². The Morgan fingerprint density at radius 3 is 2.46 bits per heavy atom. The number of ether oxygens (including phenoxy) is 1. The first-order chi connectivity index (χ1) is 5.96. The molecule has 0 bridgehead atoms. The molecule has 0 heterocycles. The Labute approximate surface area is 76.5 Å². The number of primary amides is 1. The Morgan fingerprint density at radius 2 is 2.15 bits per heavy atom. The summed E-state index contributed by atoms with van der Waals surface area (Å²) in [6, 6.07) is 1.70. The minimum absolute atomic E-state index is 0.280. The Morgan fingerprint density at radius 1 is 1.62 bits per heavy atom. The van der Waals surface area contributed by atoms with Crippen molar-refractivity contribution in [3.05, 3.63) is 0 Å². The number of Topliss-reactive ketones (excluding diaryl/α,β-unsaturated/α-hetero) is 1. The number of amides is 1. The molecule has 1 amide bonds. The van der Waals surface area contributed by atoms with Gasteiger partial charge in [0.1, 0.15) is 0 Å². The van der Waals surface area contributed by atoms with Gasteiger partial charge in [0.05, 0.1) is 12.5 Å². The van der Waals surface area contributed by atoms with E-state index in [1.807, 2.05) is 0 Å². The van der Waals surface area contributed by atoms with Gasteiger partial charge in [-0.3, -0.25) is 4.79 Å². The first-order valence-electron chi connectivity index (χ1n) is 3.85. The van der Waals surface area contributed by atoms with Gasteiger partial charge in [0.25, 0.3) is 0 Å². The van der Waals surface area contributed by atoms with Gasteiger partial charge in [-0.15, -0.1) is 0 Å². The highest BCUT2D eigenvalue weighted by atomic mass is 16.6. The number of carbonyl (C=O) groups excluding carboxylic acids is 2. The third kappa shape index (κ3) is 3.11. The number of nitriles is 1. The maximum Gasteiger partial charge on any atom is 0.405 e. The van der Waals surface area contributed by atoms with E-state index in [4.69, 9.17) is 11.0 Å². The van der Waals surface area contributed by atoms with Crippen LogP contribution in [-0.4, -0.2) is 17.5 Å². The summed E-state index contributed by atoms with van der Waals surface area (Å²) < 4.78 is 4.64. The van der Waals surface area contributed by atoms with Crippen molar-refractivity contribution in [2.75, 3.05) is 0 Å². The summed E-state index contributed by atoms with van der Waals surface area (Å²) in [5, 5.41) is 8.29. The van der Waals surface area contributed by atoms with Gasteiger partial charge in [0, 0.05) is 0 Å². The quantitative estimate of drug-likeness (QED) is 0.697. The fourth-order valence-electron chi connectivity index (χ4n) is 0.807. The molecule has 0 spiro atoms. The lowest BCUT2D eigenvalue weighted by atomic mass is 9.95. The van der Waals surface area contributed by atoms with Crippen molar-refractivity contribution in [2.45, 2.75) is 32.3 Å². The van der Waals surface area contributed by atoms with E-state index in [1.165, 1.54) is 6.92 Å². The van der Waals surface area contributed by atoms with Crippen molar-refractivity contribution in [3.8, 4) is 6.07 Å². The molecular weight excluding hydrogens is 172 g/mol. The summed E-state index contributed by atoms with van der Waals surface area (Å²) in [5.74, 6) is -0.434. The van der Waals surface area contributed by atoms with Gasteiger partial charge in [-0.1, -0.05) is 6.92 Å². The molecule has 0 aliphatic heterocycles. The van der Waals surface area contributed by atoms with Crippen molar-refractivity contribution >= 4 is 11.9 Å². The second-order valence-corrected chi connectivity index (χ2v) is 2.76. The zero-order valence-electron chi connectivity index (χ0n) is 7.66. The minimum atomic E-state index is -1.26. The molecule has 13 heavy (non-hydrogen) atoms. The van der Waals surface area contributed by atoms with Crippen LogP contribution in [0.3, 0.4) is 0 Å². The third-order valence-electron chi connectivity index (χ3n) is 1.83. The summed E-state index contributed by atoms with van der Waals surface area (Å²) in [7, 11) is 0. The zero-order chi connectivity index (χ0) is 10.5. The lowest BCUT2D eigenvalue weighted by Crippen LogP contribution is -2.41. The number of hydrogen-bond donors (Lipinski definition) is 1. The van der Waals surface area contributed by atoms with Gasteiger partial charge < -0.3 is 10.5 Å². The Bertz CT molecular complexity index is 257. The summed E-state index contributed by atoms with van der Waals surface area (Å²) in [5.41, 5.74) is 3.53. The number of rotatable bonds is 4. The topological polar surface area (TPSA) is 93.2 Å². The number of nitrogens with zero attached hydrogens (tertiary/aromatic N) is 1. The average molecular weight is 184 g/mol. The lowest BCUT2D eigenvalue weighted by Gasteiger charge is -2.24. The van der Waals surface area contributed by atoms with Gasteiger partial charge in [-0.05, 0) is 13.3 Å². The predicted molar refractivity (Wildman–Crippen MR) is 44.6 cm³/mol. The first-order valence-corrected chi connectivity index (χ1v) is 3.85. The van der Waals surface area contributed by atoms with E-state index in [9.17, 15) is 9.59 Å². The number of ketones is 1.